The Morgan fingerprint density at radius 2 is 2.19 bits per heavy atom. The molecule has 1 aromatic carbocycles. The Labute approximate surface area is 97.1 Å². The number of benzene rings is 1. The van der Waals surface area contributed by atoms with Crippen LogP contribution in [0, 0.1) is 5.92 Å². The van der Waals surface area contributed by atoms with Crippen LogP contribution in [0.15, 0.2) is 30.5 Å². The summed E-state index contributed by atoms with van der Waals surface area (Å²) in [6.07, 6.45) is 3.24. The minimum atomic E-state index is 0.753. The fourth-order valence-corrected chi connectivity index (χ4v) is 1.89. The first-order valence-electron chi connectivity index (χ1n) is 6.07. The Morgan fingerprint density at radius 3 is 3.00 bits per heavy atom. The molecule has 0 spiro atoms. The third-order valence-electron chi connectivity index (χ3n) is 3.18. The van der Waals surface area contributed by atoms with Gasteiger partial charge in [-0.15, -0.1) is 0 Å². The second-order valence-corrected chi connectivity index (χ2v) is 4.50. The van der Waals surface area contributed by atoms with Crippen LogP contribution in [0.25, 0.3) is 10.9 Å². The molecular formula is C14H20N2. The number of aromatic amines is 1. The standard InChI is InChI=1S/C14H20N2/c1-3-11(2)9-15-10-13-6-4-5-12-7-8-16-14(12)13/h4-8,11,15-16H,3,9-10H2,1-2H3. The number of H-pyrrole nitrogens is 1. The highest BCUT2D eigenvalue weighted by Crippen LogP contribution is 2.16. The summed E-state index contributed by atoms with van der Waals surface area (Å²) in [5.74, 6) is 0.753. The molecule has 1 atom stereocenters. The van der Waals surface area contributed by atoms with E-state index >= 15 is 0 Å². The molecule has 2 N–H and O–H groups in total. The van der Waals surface area contributed by atoms with Crippen molar-refractivity contribution in [1.29, 1.82) is 0 Å². The molecule has 1 unspecified atom stereocenters. The molecule has 16 heavy (non-hydrogen) atoms. The van der Waals surface area contributed by atoms with E-state index in [0.29, 0.717) is 0 Å². The van der Waals surface area contributed by atoms with Crippen molar-refractivity contribution in [2.75, 3.05) is 6.54 Å². The van der Waals surface area contributed by atoms with Crippen LogP contribution in [0.2, 0.25) is 0 Å². The van der Waals surface area contributed by atoms with Crippen LogP contribution in [-0.2, 0) is 6.54 Å². The molecule has 0 bridgehead atoms. The third-order valence-corrected chi connectivity index (χ3v) is 3.18. The number of aromatic nitrogens is 1. The zero-order valence-electron chi connectivity index (χ0n) is 10.1. The molecule has 2 nitrogen and oxygen atoms in total. The molecule has 0 aliphatic rings. The summed E-state index contributed by atoms with van der Waals surface area (Å²) in [6.45, 7) is 6.55. The summed E-state index contributed by atoms with van der Waals surface area (Å²) in [5.41, 5.74) is 2.62. The van der Waals surface area contributed by atoms with Crippen LogP contribution >= 0.6 is 0 Å². The van der Waals surface area contributed by atoms with Crippen molar-refractivity contribution in [1.82, 2.24) is 10.3 Å². The molecule has 0 aliphatic carbocycles. The van der Waals surface area contributed by atoms with Gasteiger partial charge in [0.05, 0.1) is 0 Å². The first-order valence-corrected chi connectivity index (χ1v) is 6.07. The van der Waals surface area contributed by atoms with E-state index in [1.165, 1.54) is 22.9 Å². The van der Waals surface area contributed by atoms with Gasteiger partial charge in [-0.25, -0.2) is 0 Å². The predicted molar refractivity (Wildman–Crippen MR) is 69.5 cm³/mol. The zero-order valence-corrected chi connectivity index (χ0v) is 10.1. The summed E-state index contributed by atoms with van der Waals surface area (Å²) < 4.78 is 0. The van der Waals surface area contributed by atoms with Crippen molar-refractivity contribution in [3.05, 3.63) is 36.0 Å². The minimum Gasteiger partial charge on any atom is -0.361 e. The third kappa shape index (κ3) is 2.45. The van der Waals surface area contributed by atoms with E-state index in [1.54, 1.807) is 0 Å². The van der Waals surface area contributed by atoms with Gasteiger partial charge in [-0.3, -0.25) is 0 Å². The molecule has 1 heterocycles. The Kier molecular flexibility index (Phi) is 3.62. The van der Waals surface area contributed by atoms with Crippen LogP contribution in [0.3, 0.4) is 0 Å². The number of hydrogen-bond donors (Lipinski definition) is 2. The van der Waals surface area contributed by atoms with Gasteiger partial charge in [-0.05, 0) is 29.5 Å². The van der Waals surface area contributed by atoms with Crippen molar-refractivity contribution in [2.45, 2.75) is 26.8 Å². The quantitative estimate of drug-likeness (QED) is 0.788. The SMILES string of the molecule is CCC(C)CNCc1cccc2cc[nH]c12. The number of fused-ring (bicyclic) bond motifs is 1. The summed E-state index contributed by atoms with van der Waals surface area (Å²) in [7, 11) is 0. The van der Waals surface area contributed by atoms with Gasteiger partial charge in [-0.2, -0.15) is 0 Å². The molecule has 2 heteroatoms. The molecule has 0 saturated carbocycles. The Morgan fingerprint density at radius 1 is 1.31 bits per heavy atom. The van der Waals surface area contributed by atoms with Crippen molar-refractivity contribution < 1.29 is 0 Å². The fraction of sp³-hybridized carbons (Fsp3) is 0.429. The van der Waals surface area contributed by atoms with Gasteiger partial charge in [0.25, 0.3) is 0 Å². The first-order chi connectivity index (χ1) is 7.81. The maximum Gasteiger partial charge on any atom is 0.0499 e. The predicted octanol–water partition coefficient (Wildman–Crippen LogP) is 3.30. The van der Waals surface area contributed by atoms with Crippen LogP contribution in [-0.4, -0.2) is 11.5 Å². The summed E-state index contributed by atoms with van der Waals surface area (Å²) in [5, 5.41) is 4.81. The average molecular weight is 216 g/mol. The van der Waals surface area contributed by atoms with Crippen LogP contribution in [0.4, 0.5) is 0 Å². The summed E-state index contributed by atoms with van der Waals surface area (Å²) in [4.78, 5) is 3.30. The lowest BCUT2D eigenvalue weighted by Crippen LogP contribution is -2.20. The largest absolute Gasteiger partial charge is 0.361 e. The van der Waals surface area contributed by atoms with Gasteiger partial charge in [-0.1, -0.05) is 38.5 Å². The highest BCUT2D eigenvalue weighted by Gasteiger charge is 2.02. The summed E-state index contributed by atoms with van der Waals surface area (Å²) in [6, 6.07) is 8.57. The van der Waals surface area contributed by atoms with E-state index < -0.39 is 0 Å². The van der Waals surface area contributed by atoms with Gasteiger partial charge in [0, 0.05) is 18.3 Å². The van der Waals surface area contributed by atoms with E-state index in [-0.39, 0.29) is 0 Å². The van der Waals surface area contributed by atoms with E-state index in [1.807, 2.05) is 6.20 Å². The lowest BCUT2D eigenvalue weighted by Gasteiger charge is -2.10. The fourth-order valence-electron chi connectivity index (χ4n) is 1.89. The van der Waals surface area contributed by atoms with Gasteiger partial charge in [0.2, 0.25) is 0 Å². The Hall–Kier alpha value is -1.28. The second kappa shape index (κ2) is 5.17. The molecule has 0 radical (unpaired) electrons. The summed E-state index contributed by atoms with van der Waals surface area (Å²) >= 11 is 0. The maximum atomic E-state index is 3.51. The topological polar surface area (TPSA) is 27.8 Å². The highest BCUT2D eigenvalue weighted by molar-refractivity contribution is 5.82. The molecule has 2 rings (SSSR count). The minimum absolute atomic E-state index is 0.753. The van der Waals surface area contributed by atoms with Crippen molar-refractivity contribution in [3.63, 3.8) is 0 Å². The Balaban J connectivity index is 2.01. The van der Waals surface area contributed by atoms with Crippen molar-refractivity contribution >= 4 is 10.9 Å². The van der Waals surface area contributed by atoms with Gasteiger partial charge in [0.15, 0.2) is 0 Å². The number of para-hydroxylation sites is 1. The average Bonchev–Trinajstić information content (AvgIpc) is 2.77. The molecule has 0 fully saturated rings. The Bertz CT molecular complexity index is 445. The molecule has 0 amide bonds. The van der Waals surface area contributed by atoms with Crippen LogP contribution in [0.1, 0.15) is 25.8 Å². The van der Waals surface area contributed by atoms with E-state index in [2.05, 4.69) is 48.4 Å². The molecular weight excluding hydrogens is 196 g/mol. The lowest BCUT2D eigenvalue weighted by molar-refractivity contribution is 0.500. The van der Waals surface area contributed by atoms with E-state index in [9.17, 15) is 0 Å². The number of nitrogens with one attached hydrogen (secondary N) is 2. The van der Waals surface area contributed by atoms with Crippen LogP contribution in [0.5, 0.6) is 0 Å². The molecule has 0 aliphatic heterocycles. The molecule has 0 saturated heterocycles. The van der Waals surface area contributed by atoms with E-state index in [4.69, 9.17) is 0 Å². The molecule has 86 valence electrons. The van der Waals surface area contributed by atoms with Gasteiger partial charge in [0.1, 0.15) is 0 Å². The smallest absolute Gasteiger partial charge is 0.0499 e. The number of rotatable bonds is 5. The lowest BCUT2D eigenvalue weighted by atomic mass is 10.1. The zero-order chi connectivity index (χ0) is 11.4. The second-order valence-electron chi connectivity index (χ2n) is 4.50. The molecule has 2 aromatic rings. The van der Waals surface area contributed by atoms with Crippen LogP contribution < -0.4 is 5.32 Å². The first kappa shape index (κ1) is 11.2. The highest BCUT2D eigenvalue weighted by atomic mass is 14.9. The molecule has 1 aromatic heterocycles. The van der Waals surface area contributed by atoms with Gasteiger partial charge < -0.3 is 10.3 Å². The van der Waals surface area contributed by atoms with Crippen molar-refractivity contribution in [3.8, 4) is 0 Å². The van der Waals surface area contributed by atoms with Crippen molar-refractivity contribution in [2.24, 2.45) is 5.92 Å². The monoisotopic (exact) mass is 216 g/mol. The normalized spacial score (nSPS) is 13.1. The van der Waals surface area contributed by atoms with Gasteiger partial charge >= 0.3 is 0 Å². The van der Waals surface area contributed by atoms with E-state index in [0.717, 1.165) is 19.0 Å². The maximum absolute atomic E-state index is 3.51. The number of hydrogen-bond acceptors (Lipinski definition) is 1.